The molecule has 0 bridgehead atoms. The molecule has 0 saturated heterocycles. The maximum absolute atomic E-state index is 10.7. The number of aromatic nitrogens is 3. The highest BCUT2D eigenvalue weighted by Gasteiger charge is 2.13. The second-order valence-corrected chi connectivity index (χ2v) is 3.83. The first kappa shape index (κ1) is 12.0. The molecule has 2 rings (SSSR count). The van der Waals surface area contributed by atoms with Gasteiger partial charge >= 0.3 is 0 Å². The summed E-state index contributed by atoms with van der Waals surface area (Å²) in [6.07, 6.45) is 1.39. The minimum Gasteiger partial charge on any atom is -0.258 e. The van der Waals surface area contributed by atoms with E-state index in [1.165, 1.54) is 23.1 Å². The van der Waals surface area contributed by atoms with Crippen molar-refractivity contribution in [3.05, 3.63) is 51.1 Å². The Balaban J connectivity index is 2.27. The quantitative estimate of drug-likeness (QED) is 0.621. The van der Waals surface area contributed by atoms with Crippen LogP contribution in [0.2, 0.25) is 5.02 Å². The van der Waals surface area contributed by atoms with E-state index in [1.54, 1.807) is 12.1 Å². The van der Waals surface area contributed by atoms with Crippen molar-refractivity contribution in [2.75, 3.05) is 0 Å². The van der Waals surface area contributed by atoms with Crippen LogP contribution in [-0.2, 0) is 6.54 Å². The molecule has 0 unspecified atom stereocenters. The van der Waals surface area contributed by atoms with Crippen LogP contribution < -0.4 is 0 Å². The molecule has 1 heterocycles. The number of rotatable bonds is 3. The maximum atomic E-state index is 10.7. The number of hydrogen-bond donors (Lipinski definition) is 0. The van der Waals surface area contributed by atoms with E-state index < -0.39 is 4.92 Å². The zero-order valence-corrected chi connectivity index (χ0v) is 9.70. The Kier molecular flexibility index (Phi) is 3.21. The summed E-state index contributed by atoms with van der Waals surface area (Å²) in [6, 6.07) is 6.28. The first-order chi connectivity index (χ1) is 8.60. The van der Waals surface area contributed by atoms with Gasteiger partial charge in [0, 0.05) is 6.07 Å². The van der Waals surface area contributed by atoms with Gasteiger partial charge in [-0.05, 0) is 11.6 Å². The number of nitro groups is 1. The van der Waals surface area contributed by atoms with Gasteiger partial charge in [0.05, 0.1) is 11.5 Å². The van der Waals surface area contributed by atoms with Crippen molar-refractivity contribution in [3.63, 3.8) is 0 Å². The summed E-state index contributed by atoms with van der Waals surface area (Å²) in [4.78, 5) is 13.9. The predicted molar refractivity (Wildman–Crippen MR) is 61.9 cm³/mol. The minimum atomic E-state index is -0.548. The molecular weight excluding hydrogens is 258 g/mol. The van der Waals surface area contributed by atoms with Crippen molar-refractivity contribution in [2.45, 2.75) is 6.54 Å². The molecule has 8 heteroatoms. The van der Waals surface area contributed by atoms with E-state index >= 15 is 0 Å². The minimum absolute atomic E-state index is 0.0541. The van der Waals surface area contributed by atoms with Crippen molar-refractivity contribution >= 4 is 17.3 Å². The van der Waals surface area contributed by atoms with Crippen molar-refractivity contribution < 1.29 is 4.92 Å². The Morgan fingerprint density at radius 1 is 1.56 bits per heavy atom. The number of nitrogens with zero attached hydrogens (tertiary/aromatic N) is 5. The standard InChI is InChI=1S/C10H6ClN5O2/c11-8-2-1-7(3-9(8)16(17)18)5-15-6-13-10(4-12)14-15/h1-3,6H,5H2. The molecule has 90 valence electrons. The molecule has 0 amide bonds. The molecule has 0 aliphatic heterocycles. The normalized spacial score (nSPS) is 10.0. The molecule has 18 heavy (non-hydrogen) atoms. The Morgan fingerprint density at radius 3 is 2.94 bits per heavy atom. The molecule has 0 fully saturated rings. The van der Waals surface area contributed by atoms with Crippen LogP contribution in [0.25, 0.3) is 0 Å². The number of nitro benzene ring substituents is 1. The van der Waals surface area contributed by atoms with Crippen LogP contribution in [0.5, 0.6) is 0 Å². The summed E-state index contributed by atoms with van der Waals surface area (Å²) in [6.45, 7) is 0.284. The fourth-order valence-electron chi connectivity index (χ4n) is 1.41. The van der Waals surface area contributed by atoms with Gasteiger partial charge in [-0.3, -0.25) is 10.1 Å². The highest BCUT2D eigenvalue weighted by Crippen LogP contribution is 2.25. The predicted octanol–water partition coefficient (Wildman–Crippen LogP) is 1.76. The lowest BCUT2D eigenvalue weighted by Gasteiger charge is -2.02. The topological polar surface area (TPSA) is 97.6 Å². The number of benzene rings is 1. The SMILES string of the molecule is N#Cc1ncn(Cc2ccc(Cl)c([N+](=O)[O-])c2)n1. The Morgan fingerprint density at radius 2 is 2.33 bits per heavy atom. The third-order valence-electron chi connectivity index (χ3n) is 2.19. The molecule has 0 radical (unpaired) electrons. The molecule has 2 aromatic rings. The second-order valence-electron chi connectivity index (χ2n) is 3.42. The first-order valence-electron chi connectivity index (χ1n) is 4.82. The lowest BCUT2D eigenvalue weighted by Crippen LogP contribution is -2.01. The number of nitriles is 1. The van der Waals surface area contributed by atoms with Crippen LogP contribution in [0.15, 0.2) is 24.5 Å². The van der Waals surface area contributed by atoms with Gasteiger partial charge in [0.1, 0.15) is 17.4 Å². The average molecular weight is 264 g/mol. The number of hydrogen-bond acceptors (Lipinski definition) is 5. The van der Waals surface area contributed by atoms with Gasteiger partial charge in [0.25, 0.3) is 11.5 Å². The van der Waals surface area contributed by atoms with E-state index in [2.05, 4.69) is 10.1 Å². The lowest BCUT2D eigenvalue weighted by molar-refractivity contribution is -0.384. The van der Waals surface area contributed by atoms with Gasteiger partial charge in [-0.2, -0.15) is 5.26 Å². The van der Waals surface area contributed by atoms with Gasteiger partial charge < -0.3 is 0 Å². The molecular formula is C10H6ClN5O2. The smallest absolute Gasteiger partial charge is 0.258 e. The zero-order chi connectivity index (χ0) is 13.1. The van der Waals surface area contributed by atoms with E-state index in [9.17, 15) is 10.1 Å². The summed E-state index contributed by atoms with van der Waals surface area (Å²) < 4.78 is 1.42. The molecule has 0 spiro atoms. The molecule has 1 aromatic carbocycles. The van der Waals surface area contributed by atoms with Crippen molar-refractivity contribution in [1.82, 2.24) is 14.8 Å². The maximum Gasteiger partial charge on any atom is 0.288 e. The zero-order valence-electron chi connectivity index (χ0n) is 8.95. The van der Waals surface area contributed by atoms with Crippen molar-refractivity contribution in [3.8, 4) is 6.07 Å². The molecule has 0 atom stereocenters. The van der Waals surface area contributed by atoms with Gasteiger partial charge in [-0.25, -0.2) is 9.67 Å². The van der Waals surface area contributed by atoms with Gasteiger partial charge in [-0.1, -0.05) is 17.7 Å². The van der Waals surface area contributed by atoms with E-state index in [0.717, 1.165) is 0 Å². The van der Waals surface area contributed by atoms with Gasteiger partial charge in [-0.15, -0.1) is 5.10 Å². The van der Waals surface area contributed by atoms with Crippen LogP contribution in [0.1, 0.15) is 11.4 Å². The average Bonchev–Trinajstić information content (AvgIpc) is 2.79. The van der Waals surface area contributed by atoms with Crippen LogP contribution in [0.4, 0.5) is 5.69 Å². The molecule has 0 aliphatic carbocycles. The van der Waals surface area contributed by atoms with Crippen LogP contribution in [0.3, 0.4) is 0 Å². The third-order valence-corrected chi connectivity index (χ3v) is 2.51. The largest absolute Gasteiger partial charge is 0.288 e. The molecule has 0 saturated carbocycles. The monoisotopic (exact) mass is 263 g/mol. The molecule has 0 N–H and O–H groups in total. The van der Waals surface area contributed by atoms with Crippen molar-refractivity contribution in [1.29, 1.82) is 5.26 Å². The van der Waals surface area contributed by atoms with Crippen LogP contribution in [-0.4, -0.2) is 19.7 Å². The Hall–Kier alpha value is -2.46. The Bertz CT molecular complexity index is 646. The Labute approximate surface area is 106 Å². The summed E-state index contributed by atoms with van der Waals surface area (Å²) in [5.41, 5.74) is 0.496. The van der Waals surface area contributed by atoms with Crippen LogP contribution >= 0.6 is 11.6 Å². The van der Waals surface area contributed by atoms with Gasteiger partial charge in [0.15, 0.2) is 0 Å². The van der Waals surface area contributed by atoms with Crippen LogP contribution in [0, 0.1) is 21.4 Å². The number of halogens is 1. The molecule has 7 nitrogen and oxygen atoms in total. The van der Waals surface area contributed by atoms with E-state index in [1.807, 2.05) is 0 Å². The summed E-state index contributed by atoms with van der Waals surface area (Å²) in [5, 5.41) is 23.2. The molecule has 0 aliphatic rings. The third kappa shape index (κ3) is 2.44. The fourth-order valence-corrected chi connectivity index (χ4v) is 1.59. The molecule has 1 aromatic heterocycles. The summed E-state index contributed by atoms with van der Waals surface area (Å²) in [7, 11) is 0. The van der Waals surface area contributed by atoms with E-state index in [-0.39, 0.29) is 23.1 Å². The first-order valence-corrected chi connectivity index (χ1v) is 5.20. The van der Waals surface area contributed by atoms with E-state index in [4.69, 9.17) is 16.9 Å². The van der Waals surface area contributed by atoms with Gasteiger partial charge in [0.2, 0.25) is 0 Å². The van der Waals surface area contributed by atoms with E-state index in [0.29, 0.717) is 5.56 Å². The highest BCUT2D eigenvalue weighted by molar-refractivity contribution is 6.32. The fraction of sp³-hybridized carbons (Fsp3) is 0.100. The van der Waals surface area contributed by atoms with Crippen molar-refractivity contribution in [2.24, 2.45) is 0 Å². The highest BCUT2D eigenvalue weighted by atomic mass is 35.5. The second kappa shape index (κ2) is 4.81. The lowest BCUT2D eigenvalue weighted by atomic mass is 10.2. The summed E-state index contributed by atoms with van der Waals surface area (Å²) >= 11 is 5.70. The summed E-state index contributed by atoms with van der Waals surface area (Å²) in [5.74, 6) is 0.0541.